The summed E-state index contributed by atoms with van der Waals surface area (Å²) >= 11 is 0. The molecule has 0 amide bonds. The smallest absolute Gasteiger partial charge is 0.334 e. The van der Waals surface area contributed by atoms with E-state index in [4.69, 9.17) is 14.2 Å². The van der Waals surface area contributed by atoms with Gasteiger partial charge >= 0.3 is 17.9 Å². The second-order valence-corrected chi connectivity index (χ2v) is 8.43. The first-order valence-corrected chi connectivity index (χ1v) is 9.61. The molecule has 6 heteroatoms. The molecule has 4 aliphatic rings. The van der Waals surface area contributed by atoms with Gasteiger partial charge in [-0.15, -0.1) is 0 Å². The SMILES string of the molecule is CCC(C)C(=O)O[C@H]1CC[C@@H]2C[C@@H]3OC(=O)C(C)=C3C3OC(=O)[C@@H]1[C@@]32C. The van der Waals surface area contributed by atoms with E-state index in [1.165, 1.54) is 0 Å². The number of rotatable bonds is 3. The van der Waals surface area contributed by atoms with Crippen molar-refractivity contribution in [3.63, 3.8) is 0 Å². The Hall–Kier alpha value is -1.85. The summed E-state index contributed by atoms with van der Waals surface area (Å²) in [6, 6.07) is 0. The number of ether oxygens (including phenoxy) is 3. The molecule has 3 fully saturated rings. The minimum absolute atomic E-state index is 0.185. The number of fused-ring (bicyclic) bond motifs is 2. The number of esters is 3. The van der Waals surface area contributed by atoms with Crippen LogP contribution in [0.2, 0.25) is 0 Å². The van der Waals surface area contributed by atoms with Crippen molar-refractivity contribution in [1.82, 2.24) is 0 Å². The van der Waals surface area contributed by atoms with Gasteiger partial charge in [-0.3, -0.25) is 9.59 Å². The molecule has 142 valence electrons. The van der Waals surface area contributed by atoms with E-state index in [9.17, 15) is 14.4 Å². The van der Waals surface area contributed by atoms with Crippen LogP contribution in [-0.4, -0.2) is 36.2 Å². The molecule has 0 bridgehead atoms. The van der Waals surface area contributed by atoms with E-state index in [0.717, 1.165) is 12.0 Å². The molecule has 0 N–H and O–H groups in total. The summed E-state index contributed by atoms with van der Waals surface area (Å²) < 4.78 is 17.1. The quantitative estimate of drug-likeness (QED) is 0.567. The van der Waals surface area contributed by atoms with Crippen LogP contribution in [0.1, 0.15) is 53.4 Å². The number of hydrogen-bond donors (Lipinski definition) is 0. The lowest BCUT2D eigenvalue weighted by molar-refractivity contribution is -0.168. The highest BCUT2D eigenvalue weighted by Gasteiger charge is 2.68. The van der Waals surface area contributed by atoms with Crippen LogP contribution in [0, 0.1) is 23.2 Å². The van der Waals surface area contributed by atoms with Gasteiger partial charge in [0.25, 0.3) is 0 Å². The minimum Gasteiger partial charge on any atom is -0.461 e. The average Bonchev–Trinajstić information content (AvgIpc) is 3.03. The second kappa shape index (κ2) is 5.83. The fraction of sp³-hybridized carbons (Fsp3) is 0.750. The van der Waals surface area contributed by atoms with Gasteiger partial charge in [0.15, 0.2) is 0 Å². The first-order valence-electron chi connectivity index (χ1n) is 9.61. The van der Waals surface area contributed by atoms with E-state index < -0.39 is 23.5 Å². The molecule has 2 saturated carbocycles. The number of carbonyl (C=O) groups excluding carboxylic acids is 3. The molecular formula is C20H26O6. The van der Waals surface area contributed by atoms with Gasteiger partial charge in [-0.2, -0.15) is 0 Å². The molecule has 2 aliphatic heterocycles. The highest BCUT2D eigenvalue weighted by molar-refractivity contribution is 5.92. The van der Waals surface area contributed by atoms with E-state index in [-0.39, 0.29) is 35.8 Å². The molecule has 6 nitrogen and oxygen atoms in total. The Balaban J connectivity index is 1.68. The number of hydrogen-bond acceptors (Lipinski definition) is 6. The molecular weight excluding hydrogens is 336 g/mol. The molecule has 7 atom stereocenters. The summed E-state index contributed by atoms with van der Waals surface area (Å²) in [6.07, 6.45) is 1.70. The molecule has 2 unspecified atom stereocenters. The average molecular weight is 362 g/mol. The van der Waals surface area contributed by atoms with Crippen molar-refractivity contribution in [2.24, 2.45) is 23.2 Å². The summed E-state index contributed by atoms with van der Waals surface area (Å²) in [7, 11) is 0. The summed E-state index contributed by atoms with van der Waals surface area (Å²) in [5.41, 5.74) is 0.918. The lowest BCUT2D eigenvalue weighted by Gasteiger charge is -2.50. The first-order chi connectivity index (χ1) is 12.3. The molecule has 0 radical (unpaired) electrons. The standard InChI is InChI=1S/C20H26O6/c1-5-9(2)17(21)24-12-7-6-11-8-13-14(10(3)18(22)25-13)16-20(11,4)15(12)19(23)26-16/h9,11-13,15-16H,5-8H2,1-4H3/t9?,11-,12+,13+,15-,16?,20+/m1/s1. The molecule has 0 aromatic rings. The van der Waals surface area contributed by atoms with Crippen LogP contribution in [0.4, 0.5) is 0 Å². The van der Waals surface area contributed by atoms with E-state index in [2.05, 4.69) is 6.92 Å². The van der Waals surface area contributed by atoms with Crippen molar-refractivity contribution in [3.05, 3.63) is 11.1 Å². The van der Waals surface area contributed by atoms with Crippen LogP contribution in [-0.2, 0) is 28.6 Å². The largest absolute Gasteiger partial charge is 0.461 e. The van der Waals surface area contributed by atoms with Gasteiger partial charge in [-0.05, 0) is 38.5 Å². The molecule has 2 aliphatic carbocycles. The van der Waals surface area contributed by atoms with Crippen molar-refractivity contribution in [3.8, 4) is 0 Å². The van der Waals surface area contributed by atoms with Crippen molar-refractivity contribution in [1.29, 1.82) is 0 Å². The van der Waals surface area contributed by atoms with Gasteiger partial charge in [0.2, 0.25) is 0 Å². The zero-order valence-corrected chi connectivity index (χ0v) is 15.7. The van der Waals surface area contributed by atoms with E-state index in [0.29, 0.717) is 24.8 Å². The fourth-order valence-electron chi connectivity index (χ4n) is 5.37. The Morgan fingerprint density at radius 3 is 2.73 bits per heavy atom. The molecule has 26 heavy (non-hydrogen) atoms. The zero-order chi connectivity index (χ0) is 18.8. The fourth-order valence-corrected chi connectivity index (χ4v) is 5.37. The summed E-state index contributed by atoms with van der Waals surface area (Å²) in [5, 5.41) is 0. The lowest BCUT2D eigenvalue weighted by Crippen LogP contribution is -2.55. The molecule has 0 aromatic carbocycles. The van der Waals surface area contributed by atoms with Gasteiger partial charge in [0.05, 0.1) is 5.92 Å². The van der Waals surface area contributed by atoms with Gasteiger partial charge in [-0.25, -0.2) is 4.79 Å². The minimum atomic E-state index is -0.476. The van der Waals surface area contributed by atoms with Crippen molar-refractivity contribution in [2.75, 3.05) is 0 Å². The summed E-state index contributed by atoms with van der Waals surface area (Å²) in [5.74, 6) is -1.34. The van der Waals surface area contributed by atoms with Crippen molar-refractivity contribution >= 4 is 17.9 Å². The maximum Gasteiger partial charge on any atom is 0.334 e. The Morgan fingerprint density at radius 2 is 2.04 bits per heavy atom. The molecule has 4 rings (SSSR count). The molecule has 0 aromatic heterocycles. The van der Waals surface area contributed by atoms with Gasteiger partial charge in [-0.1, -0.05) is 20.8 Å². The predicted octanol–water partition coefficient (Wildman–Crippen LogP) is 2.55. The second-order valence-electron chi connectivity index (χ2n) is 8.43. The highest BCUT2D eigenvalue weighted by atomic mass is 16.6. The van der Waals surface area contributed by atoms with Gasteiger partial charge < -0.3 is 14.2 Å². The maximum absolute atomic E-state index is 12.8. The maximum atomic E-state index is 12.8. The third-order valence-electron chi connectivity index (χ3n) is 7.17. The Kier molecular flexibility index (Phi) is 3.93. The third-order valence-corrected chi connectivity index (χ3v) is 7.17. The first kappa shape index (κ1) is 17.6. The van der Waals surface area contributed by atoms with E-state index in [1.807, 2.05) is 13.8 Å². The Labute approximate surface area is 153 Å². The van der Waals surface area contributed by atoms with Crippen LogP contribution in [0.25, 0.3) is 0 Å². The zero-order valence-electron chi connectivity index (χ0n) is 15.7. The van der Waals surface area contributed by atoms with Crippen LogP contribution in [0.15, 0.2) is 11.1 Å². The Bertz CT molecular complexity index is 709. The predicted molar refractivity (Wildman–Crippen MR) is 90.7 cm³/mol. The third kappa shape index (κ3) is 2.20. The van der Waals surface area contributed by atoms with Crippen LogP contribution in [0.3, 0.4) is 0 Å². The van der Waals surface area contributed by atoms with Crippen LogP contribution < -0.4 is 0 Å². The van der Waals surface area contributed by atoms with Crippen LogP contribution in [0.5, 0.6) is 0 Å². The monoisotopic (exact) mass is 362 g/mol. The van der Waals surface area contributed by atoms with Crippen molar-refractivity contribution < 1.29 is 28.6 Å². The lowest BCUT2D eigenvalue weighted by atomic mass is 9.53. The Morgan fingerprint density at radius 1 is 1.31 bits per heavy atom. The normalized spacial score (nSPS) is 41.9. The topological polar surface area (TPSA) is 78.9 Å². The van der Waals surface area contributed by atoms with E-state index >= 15 is 0 Å². The van der Waals surface area contributed by atoms with Crippen LogP contribution >= 0.6 is 0 Å². The summed E-state index contributed by atoms with van der Waals surface area (Å²) in [6.45, 7) is 7.58. The summed E-state index contributed by atoms with van der Waals surface area (Å²) in [4.78, 5) is 37.2. The van der Waals surface area contributed by atoms with Gasteiger partial charge in [0.1, 0.15) is 24.2 Å². The highest BCUT2D eigenvalue weighted by Crippen LogP contribution is 2.61. The van der Waals surface area contributed by atoms with E-state index in [1.54, 1.807) is 6.92 Å². The van der Waals surface area contributed by atoms with Crippen molar-refractivity contribution in [2.45, 2.75) is 71.7 Å². The van der Waals surface area contributed by atoms with Gasteiger partial charge in [0, 0.05) is 16.6 Å². The molecule has 1 saturated heterocycles. The molecule has 0 spiro atoms. The molecule has 2 heterocycles. The number of carbonyl (C=O) groups is 3.